The van der Waals surface area contributed by atoms with E-state index in [2.05, 4.69) is 164 Å². The smallest absolute Gasteiger partial charge is 0.210 e. The molecule has 5 heteroatoms. The van der Waals surface area contributed by atoms with Gasteiger partial charge in [-0.1, -0.05) is 115 Å². The van der Waals surface area contributed by atoms with E-state index in [1.54, 1.807) is 0 Å². The van der Waals surface area contributed by atoms with Crippen LogP contribution in [-0.2, 0) is 0 Å². The summed E-state index contributed by atoms with van der Waals surface area (Å²) in [7, 11) is 0. The van der Waals surface area contributed by atoms with Crippen LogP contribution >= 0.6 is 0 Å². The molecular weight excluding hydrogens is 671 g/mol. The molecule has 0 N–H and O–H groups in total. The van der Waals surface area contributed by atoms with Crippen LogP contribution in [0.1, 0.15) is 5.56 Å². The van der Waals surface area contributed by atoms with Crippen molar-refractivity contribution in [2.75, 3.05) is 0 Å². The Balaban J connectivity index is 1.08. The van der Waals surface area contributed by atoms with Crippen LogP contribution in [0.3, 0.4) is 0 Å². The Bertz CT molecular complexity index is 3400. The Labute approximate surface area is 316 Å². The number of para-hydroxylation sites is 5. The molecule has 0 saturated carbocycles. The van der Waals surface area contributed by atoms with Gasteiger partial charge in [-0.25, -0.2) is 4.85 Å². The molecule has 0 spiro atoms. The number of benzene rings is 8. The van der Waals surface area contributed by atoms with Gasteiger partial charge in [-0.05, 0) is 71.8 Å². The molecule has 11 rings (SSSR count). The fraction of sp³-hybridized carbons (Fsp3) is 0. The van der Waals surface area contributed by atoms with Crippen LogP contribution in [0.4, 0.5) is 5.69 Å². The molecule has 0 amide bonds. The standard InChI is InChI=1S/C50H29N5/c1-52-41-29-26-33(30-48(41)55-44-20-8-4-15-38(44)39-17-10-12-34(31-51)50(39)55)32-24-27-35(28-25-32)53-45-21-9-5-16-40(45)49-46(53)22-11-23-47(49)54-42-18-6-2-13-36(42)37-14-3-7-19-43(37)54/h2-30H. The van der Waals surface area contributed by atoms with Crippen LogP contribution in [0.15, 0.2) is 176 Å². The highest BCUT2D eigenvalue weighted by Crippen LogP contribution is 2.41. The van der Waals surface area contributed by atoms with Crippen LogP contribution in [0.25, 0.3) is 98.5 Å². The van der Waals surface area contributed by atoms with Crippen molar-refractivity contribution < 1.29 is 0 Å². The molecule has 0 aliphatic rings. The molecule has 0 unspecified atom stereocenters. The number of fused-ring (bicyclic) bond motifs is 9. The summed E-state index contributed by atoms with van der Waals surface area (Å²) >= 11 is 0. The van der Waals surface area contributed by atoms with Gasteiger partial charge in [0.25, 0.3) is 0 Å². The van der Waals surface area contributed by atoms with Crippen molar-refractivity contribution in [1.29, 1.82) is 5.26 Å². The third kappa shape index (κ3) is 4.39. The fourth-order valence-corrected chi connectivity index (χ4v) is 8.79. The zero-order chi connectivity index (χ0) is 36.6. The molecule has 0 aliphatic carbocycles. The second-order valence-electron chi connectivity index (χ2n) is 13.9. The second-order valence-corrected chi connectivity index (χ2v) is 13.9. The minimum Gasteiger partial charge on any atom is -0.318 e. The zero-order valence-corrected chi connectivity index (χ0v) is 29.5. The summed E-state index contributed by atoms with van der Waals surface area (Å²) in [6, 6.07) is 63.7. The Morgan fingerprint density at radius 2 is 0.964 bits per heavy atom. The van der Waals surface area contributed by atoms with Crippen LogP contribution in [-0.4, -0.2) is 13.7 Å². The molecule has 0 saturated heterocycles. The van der Waals surface area contributed by atoms with Crippen molar-refractivity contribution in [3.05, 3.63) is 193 Å². The topological polar surface area (TPSA) is 42.9 Å². The first-order valence-corrected chi connectivity index (χ1v) is 18.3. The van der Waals surface area contributed by atoms with Crippen molar-refractivity contribution in [2.45, 2.75) is 0 Å². The van der Waals surface area contributed by atoms with Gasteiger partial charge in [-0.3, -0.25) is 0 Å². The third-order valence-electron chi connectivity index (χ3n) is 11.1. The highest BCUT2D eigenvalue weighted by molar-refractivity contribution is 6.16. The van der Waals surface area contributed by atoms with E-state index in [0.29, 0.717) is 11.3 Å². The van der Waals surface area contributed by atoms with Crippen LogP contribution < -0.4 is 0 Å². The van der Waals surface area contributed by atoms with E-state index < -0.39 is 0 Å². The monoisotopic (exact) mass is 699 g/mol. The summed E-state index contributed by atoms with van der Waals surface area (Å²) < 4.78 is 6.86. The van der Waals surface area contributed by atoms with E-state index in [4.69, 9.17) is 6.57 Å². The minimum atomic E-state index is 0.528. The summed E-state index contributed by atoms with van der Waals surface area (Å²) in [4.78, 5) is 3.94. The normalized spacial score (nSPS) is 11.6. The van der Waals surface area contributed by atoms with Gasteiger partial charge >= 0.3 is 0 Å². The third-order valence-corrected chi connectivity index (χ3v) is 11.1. The van der Waals surface area contributed by atoms with Gasteiger partial charge in [0.1, 0.15) is 6.07 Å². The van der Waals surface area contributed by atoms with Crippen molar-refractivity contribution >= 4 is 71.1 Å². The highest BCUT2D eigenvalue weighted by atomic mass is 15.0. The Hall–Kier alpha value is -7.86. The average Bonchev–Trinajstić information content (AvgIpc) is 3.89. The molecular formula is C50H29N5. The summed E-state index contributed by atoms with van der Waals surface area (Å²) in [6.45, 7) is 8.10. The number of aromatic nitrogens is 3. The second kappa shape index (κ2) is 11.8. The van der Waals surface area contributed by atoms with E-state index in [1.807, 2.05) is 36.4 Å². The molecule has 0 aliphatic heterocycles. The molecule has 5 nitrogen and oxygen atoms in total. The molecule has 0 atom stereocenters. The Morgan fingerprint density at radius 1 is 0.436 bits per heavy atom. The number of nitriles is 1. The fourth-order valence-electron chi connectivity index (χ4n) is 8.79. The van der Waals surface area contributed by atoms with Gasteiger partial charge < -0.3 is 13.7 Å². The minimum absolute atomic E-state index is 0.528. The lowest BCUT2D eigenvalue weighted by Gasteiger charge is -2.14. The predicted molar refractivity (Wildman–Crippen MR) is 226 cm³/mol. The van der Waals surface area contributed by atoms with Crippen molar-refractivity contribution in [1.82, 2.24) is 13.7 Å². The van der Waals surface area contributed by atoms with Gasteiger partial charge in [-0.15, -0.1) is 0 Å². The van der Waals surface area contributed by atoms with Gasteiger partial charge in [-0.2, -0.15) is 5.26 Å². The lowest BCUT2D eigenvalue weighted by atomic mass is 10.0. The van der Waals surface area contributed by atoms with E-state index in [1.165, 1.54) is 32.6 Å². The maximum absolute atomic E-state index is 10.1. The Morgan fingerprint density at radius 3 is 1.62 bits per heavy atom. The largest absolute Gasteiger partial charge is 0.318 e. The van der Waals surface area contributed by atoms with Crippen molar-refractivity contribution in [3.8, 4) is 34.3 Å². The molecule has 3 heterocycles. The number of hydrogen-bond acceptors (Lipinski definition) is 1. The lowest BCUT2D eigenvalue weighted by Crippen LogP contribution is -1.97. The van der Waals surface area contributed by atoms with E-state index >= 15 is 0 Å². The SMILES string of the molecule is [C-]#[N+]c1ccc(-c2ccc(-n3c4ccccc4c4c(-n5c6ccccc6c6ccccc65)cccc43)cc2)cc1-n1c2ccccc2c2cccc(C#N)c21. The van der Waals surface area contributed by atoms with Gasteiger partial charge in [0.15, 0.2) is 0 Å². The molecule has 55 heavy (non-hydrogen) atoms. The highest BCUT2D eigenvalue weighted by Gasteiger charge is 2.21. The quantitative estimate of drug-likeness (QED) is 0.169. The first-order chi connectivity index (χ1) is 27.2. The van der Waals surface area contributed by atoms with Crippen LogP contribution in [0.2, 0.25) is 0 Å². The summed E-state index contributed by atoms with van der Waals surface area (Å²) in [5.74, 6) is 0. The maximum atomic E-state index is 10.1. The van der Waals surface area contributed by atoms with Gasteiger partial charge in [0, 0.05) is 38.0 Å². The van der Waals surface area contributed by atoms with Crippen molar-refractivity contribution in [2.24, 2.45) is 0 Å². The van der Waals surface area contributed by atoms with Crippen molar-refractivity contribution in [3.63, 3.8) is 0 Å². The molecule has 0 bridgehead atoms. The lowest BCUT2D eigenvalue weighted by molar-refractivity contribution is 1.17. The van der Waals surface area contributed by atoms with E-state index in [0.717, 1.165) is 61.0 Å². The summed E-state index contributed by atoms with van der Waals surface area (Å²) in [5, 5.41) is 17.1. The molecule has 254 valence electrons. The van der Waals surface area contributed by atoms with Gasteiger partial charge in [0.2, 0.25) is 5.69 Å². The number of hydrogen-bond donors (Lipinski definition) is 0. The first kappa shape index (κ1) is 30.7. The molecule has 11 aromatic rings. The molecule has 8 aromatic carbocycles. The van der Waals surface area contributed by atoms with Gasteiger partial charge in [0.05, 0.1) is 56.6 Å². The molecule has 0 radical (unpaired) electrons. The maximum Gasteiger partial charge on any atom is 0.210 e. The van der Waals surface area contributed by atoms with Crippen LogP contribution in [0, 0.1) is 17.9 Å². The summed E-state index contributed by atoms with van der Waals surface area (Å²) in [5.41, 5.74) is 12.5. The summed E-state index contributed by atoms with van der Waals surface area (Å²) in [6.07, 6.45) is 0. The molecule has 3 aromatic heterocycles. The average molecular weight is 700 g/mol. The van der Waals surface area contributed by atoms with E-state index in [-0.39, 0.29) is 0 Å². The molecule has 0 fully saturated rings. The predicted octanol–water partition coefficient (Wildman–Crippen LogP) is 13.1. The van der Waals surface area contributed by atoms with Crippen LogP contribution in [0.5, 0.6) is 0 Å². The number of rotatable bonds is 4. The number of nitrogens with zero attached hydrogens (tertiary/aromatic N) is 5. The first-order valence-electron chi connectivity index (χ1n) is 18.3. The van der Waals surface area contributed by atoms with E-state index in [9.17, 15) is 5.26 Å². The zero-order valence-electron chi connectivity index (χ0n) is 29.5. The Kier molecular flexibility index (Phi) is 6.61.